The van der Waals surface area contributed by atoms with Crippen LogP contribution in [-0.2, 0) is 9.53 Å². The van der Waals surface area contributed by atoms with Gasteiger partial charge in [-0.2, -0.15) is 0 Å². The van der Waals surface area contributed by atoms with Crippen molar-refractivity contribution < 1.29 is 30.0 Å². The second kappa shape index (κ2) is 20.3. The zero-order chi connectivity index (χ0) is 34.1. The van der Waals surface area contributed by atoms with Crippen LogP contribution in [-0.4, -0.2) is 77.0 Å². The fraction of sp³-hybridized carbons (Fsp3) is 0.545. The van der Waals surface area contributed by atoms with Crippen LogP contribution in [0, 0.1) is 17.8 Å². The molecule has 0 spiro atoms. The highest BCUT2D eigenvalue weighted by molar-refractivity contribution is 6.31. The Morgan fingerprint density at radius 1 is 1.18 bits per heavy atom. The molecular weight excluding hydrogens is 581 g/mol. The molecule has 244 valence electrons. The number of halogens is 1. The Balaban J connectivity index is 6.22. The van der Waals surface area contributed by atoms with Crippen LogP contribution in [0.5, 0.6) is 0 Å². The Bertz CT molecular complexity index is 1160. The average Bonchev–Trinajstić information content (AvgIpc) is 2.93. The molecule has 0 heterocycles. The molecule has 0 fully saturated rings. The molecule has 0 unspecified atom stereocenters. The second-order valence-corrected chi connectivity index (χ2v) is 11.0. The maximum Gasteiger partial charge on any atom is 0.263 e. The van der Waals surface area contributed by atoms with Gasteiger partial charge in [0.15, 0.2) is 13.7 Å². The van der Waals surface area contributed by atoms with Crippen LogP contribution in [0.4, 0.5) is 0 Å². The molecule has 0 aliphatic heterocycles. The first-order chi connectivity index (χ1) is 20.5. The molecule has 0 saturated carbocycles. The van der Waals surface area contributed by atoms with E-state index in [1.165, 1.54) is 13.2 Å². The standard InChI is InChI=1S/C33H51BClN3O6/c1-10-17-27(30(44-9)21-29(25(8)35)37-33(34,42)43)31(39)36-28(13-4)24(7)22-38(20-11-2)32(40,41)26(12-3)19-16-14-15-18-23(5)6/h15,18-19,21,24,28,37,40-43H,5,8,11-14,16,20,22H2,1-4,6-7,9H3,(H,36,39)/b18-15?,26-19?,29-21+,30-27-/t24-,28+/m0/s1. The first kappa shape index (κ1) is 41.2. The van der Waals surface area contributed by atoms with Crippen molar-refractivity contribution in [3.05, 3.63) is 70.7 Å². The smallest absolute Gasteiger partial charge is 0.263 e. The van der Waals surface area contributed by atoms with Gasteiger partial charge in [-0.05, 0) is 51.9 Å². The molecule has 11 heteroatoms. The van der Waals surface area contributed by atoms with E-state index in [1.54, 1.807) is 11.8 Å². The van der Waals surface area contributed by atoms with Crippen molar-refractivity contribution >= 4 is 25.4 Å². The third-order valence-corrected chi connectivity index (χ3v) is 6.86. The van der Waals surface area contributed by atoms with Gasteiger partial charge in [-0.3, -0.25) is 4.79 Å². The fourth-order valence-electron chi connectivity index (χ4n) is 4.47. The van der Waals surface area contributed by atoms with Crippen molar-refractivity contribution in [2.75, 3.05) is 20.2 Å². The van der Waals surface area contributed by atoms with Crippen molar-refractivity contribution in [1.82, 2.24) is 15.5 Å². The van der Waals surface area contributed by atoms with Gasteiger partial charge < -0.3 is 35.8 Å². The molecule has 0 bridgehead atoms. The number of amides is 1. The first-order valence-corrected chi connectivity index (χ1v) is 15.2. The number of carbonyl (C=O) groups is 1. The Labute approximate surface area is 270 Å². The predicted molar refractivity (Wildman–Crippen MR) is 179 cm³/mol. The normalized spacial score (nSPS) is 14.8. The van der Waals surface area contributed by atoms with E-state index >= 15 is 0 Å². The summed E-state index contributed by atoms with van der Waals surface area (Å²) >= 11 is 5.98. The number of hydrogen-bond donors (Lipinski definition) is 6. The number of aliphatic hydroxyl groups is 4. The molecule has 0 aliphatic rings. The predicted octanol–water partition coefficient (Wildman–Crippen LogP) is 4.03. The van der Waals surface area contributed by atoms with Gasteiger partial charge in [0.05, 0.1) is 17.8 Å². The Kier molecular flexibility index (Phi) is 19.0. The number of carbonyl (C=O) groups excluding carboxylic acids is 1. The van der Waals surface area contributed by atoms with E-state index in [0.717, 1.165) is 12.0 Å². The summed E-state index contributed by atoms with van der Waals surface area (Å²) in [6, 6.07) is -0.373. The molecule has 0 rings (SSSR count). The van der Waals surface area contributed by atoms with Gasteiger partial charge in [0, 0.05) is 30.8 Å². The number of ether oxygens (including phenoxy) is 1. The minimum atomic E-state index is -2.81. The minimum absolute atomic E-state index is 0.0268. The lowest BCUT2D eigenvalue weighted by Crippen LogP contribution is -2.54. The summed E-state index contributed by atoms with van der Waals surface area (Å²) in [5.41, 5.74) is 1.31. The third-order valence-electron chi connectivity index (χ3n) is 6.65. The largest absolute Gasteiger partial charge is 0.495 e. The molecule has 0 aromatic rings. The highest BCUT2D eigenvalue weighted by Crippen LogP contribution is 2.26. The molecular formula is C33H51BClN3O6. The lowest BCUT2D eigenvalue weighted by Gasteiger charge is -2.39. The van der Waals surface area contributed by atoms with Crippen molar-refractivity contribution in [1.29, 1.82) is 0 Å². The molecule has 0 aliphatic carbocycles. The van der Waals surface area contributed by atoms with Crippen molar-refractivity contribution in [3.63, 3.8) is 0 Å². The van der Waals surface area contributed by atoms with E-state index in [2.05, 4.69) is 35.6 Å². The molecule has 0 saturated heterocycles. The molecule has 0 aromatic carbocycles. The van der Waals surface area contributed by atoms with Crippen LogP contribution in [0.25, 0.3) is 0 Å². The summed E-state index contributed by atoms with van der Waals surface area (Å²) in [7, 11) is 6.53. The highest BCUT2D eigenvalue weighted by atomic mass is 35.5. The third kappa shape index (κ3) is 14.8. The molecule has 2 atom stereocenters. The molecule has 2 radical (unpaired) electrons. The van der Waals surface area contributed by atoms with E-state index < -0.39 is 17.6 Å². The monoisotopic (exact) mass is 631 g/mol. The minimum Gasteiger partial charge on any atom is -0.495 e. The molecule has 9 nitrogen and oxygen atoms in total. The van der Waals surface area contributed by atoms with Crippen LogP contribution in [0.2, 0.25) is 0 Å². The summed E-state index contributed by atoms with van der Waals surface area (Å²) in [6.07, 6.45) is 10.1. The van der Waals surface area contributed by atoms with Crippen molar-refractivity contribution in [2.45, 2.75) is 91.4 Å². The Morgan fingerprint density at radius 2 is 1.82 bits per heavy atom. The number of unbranched alkanes of at least 4 members (excludes halogenated alkanes) is 1. The van der Waals surface area contributed by atoms with Gasteiger partial charge >= 0.3 is 0 Å². The highest BCUT2D eigenvalue weighted by Gasteiger charge is 2.36. The average molecular weight is 632 g/mol. The lowest BCUT2D eigenvalue weighted by atomic mass is 9.96. The van der Waals surface area contributed by atoms with Gasteiger partial charge in [0.25, 0.3) is 5.91 Å². The van der Waals surface area contributed by atoms with Crippen LogP contribution >= 0.6 is 11.6 Å². The van der Waals surface area contributed by atoms with E-state index in [9.17, 15) is 25.2 Å². The van der Waals surface area contributed by atoms with Crippen molar-refractivity contribution in [3.8, 4) is 11.8 Å². The van der Waals surface area contributed by atoms with Gasteiger partial charge in [0.1, 0.15) is 11.3 Å². The molecule has 44 heavy (non-hydrogen) atoms. The maximum absolute atomic E-state index is 13.5. The van der Waals surface area contributed by atoms with Crippen LogP contribution in [0.15, 0.2) is 70.7 Å². The van der Waals surface area contributed by atoms with Gasteiger partial charge in [-0.1, -0.05) is 82.2 Å². The number of methoxy groups -OCH3 is 1. The molecule has 1 amide bonds. The van der Waals surface area contributed by atoms with Crippen LogP contribution in [0.3, 0.4) is 0 Å². The Morgan fingerprint density at radius 3 is 2.27 bits per heavy atom. The summed E-state index contributed by atoms with van der Waals surface area (Å²) in [5, 5.41) is 46.8. The number of hydrogen-bond acceptors (Lipinski definition) is 8. The number of allylic oxidation sites excluding steroid dienone is 6. The van der Waals surface area contributed by atoms with E-state index in [1.807, 2.05) is 52.8 Å². The number of nitrogens with zero attached hydrogens (tertiary/aromatic N) is 1. The fourth-order valence-corrected chi connectivity index (χ4v) is 4.57. The van der Waals surface area contributed by atoms with Crippen LogP contribution < -0.4 is 10.6 Å². The van der Waals surface area contributed by atoms with Gasteiger partial charge in [0.2, 0.25) is 5.91 Å². The van der Waals surface area contributed by atoms with Crippen LogP contribution in [0.1, 0.15) is 73.6 Å². The number of nitrogens with one attached hydrogen (secondary N) is 2. The quantitative estimate of drug-likeness (QED) is 0.0173. The zero-order valence-electron chi connectivity index (χ0n) is 27.3. The summed E-state index contributed by atoms with van der Waals surface area (Å²) in [6.45, 7) is 19.3. The number of rotatable bonds is 20. The molecule has 0 aromatic heterocycles. The topological polar surface area (TPSA) is 135 Å². The SMILES string of the molecule is [B]C(O)(O)N/C(=C/C(OC)=C(\C#CC)C(=O)N[C@H](CC)[C@@H](C)CN(CCC)C(O)(O)C(=CCCC=CC(=C)C)CC)C(=C)Cl. The second-order valence-electron chi connectivity index (χ2n) is 10.6. The van der Waals surface area contributed by atoms with E-state index in [4.69, 9.17) is 24.2 Å². The van der Waals surface area contributed by atoms with Gasteiger partial charge in [-0.15, -0.1) is 5.92 Å². The van der Waals surface area contributed by atoms with Crippen molar-refractivity contribution in [2.24, 2.45) is 5.92 Å². The Hall–Kier alpha value is -2.78. The van der Waals surface area contributed by atoms with E-state index in [-0.39, 0.29) is 40.6 Å². The summed E-state index contributed by atoms with van der Waals surface area (Å²) in [4.78, 5) is 15.1. The van der Waals surface area contributed by atoms with Gasteiger partial charge in [-0.25, -0.2) is 4.90 Å². The zero-order valence-corrected chi connectivity index (χ0v) is 28.1. The summed E-state index contributed by atoms with van der Waals surface area (Å²) in [5.74, 6) is -0.318. The first-order valence-electron chi connectivity index (χ1n) is 14.8. The molecule has 6 N–H and O–H groups in total. The lowest BCUT2D eigenvalue weighted by molar-refractivity contribution is -0.240. The maximum atomic E-state index is 13.5. The van der Waals surface area contributed by atoms with E-state index in [0.29, 0.717) is 37.8 Å². The summed E-state index contributed by atoms with van der Waals surface area (Å²) < 4.78 is 5.40.